The average Bonchev–Trinajstić information content (AvgIpc) is 2.49. The fourth-order valence-electron chi connectivity index (χ4n) is 2.08. The molecule has 0 amide bonds. The first kappa shape index (κ1) is 22.9. The molecule has 1 N–H and O–H groups in total. The van der Waals surface area contributed by atoms with Crippen LogP contribution in [0.3, 0.4) is 0 Å². The van der Waals surface area contributed by atoms with Gasteiger partial charge < -0.3 is 5.11 Å². The molecular formula is C18H26B4O2. The molecule has 0 aromatic carbocycles. The highest BCUT2D eigenvalue weighted by atomic mass is 16.4. The molecule has 0 saturated carbocycles. The lowest BCUT2D eigenvalue weighted by Gasteiger charge is -2.21. The van der Waals surface area contributed by atoms with Crippen molar-refractivity contribution in [1.82, 2.24) is 0 Å². The third kappa shape index (κ3) is 14.5. The third-order valence-corrected chi connectivity index (χ3v) is 3.47. The highest BCUT2D eigenvalue weighted by Gasteiger charge is 2.12. The third-order valence-electron chi connectivity index (χ3n) is 3.47. The van der Waals surface area contributed by atoms with Gasteiger partial charge in [0.05, 0.1) is 31.4 Å². The molecule has 122 valence electrons. The van der Waals surface area contributed by atoms with E-state index in [1.165, 1.54) is 0 Å². The number of rotatable bonds is 13. The fraction of sp³-hybridized carbons (Fsp3) is 0.611. The molecule has 6 heteroatoms. The van der Waals surface area contributed by atoms with Gasteiger partial charge in [-0.05, 0) is 25.7 Å². The minimum absolute atomic E-state index is 0.256. The van der Waals surface area contributed by atoms with Crippen molar-refractivity contribution in [2.75, 3.05) is 0 Å². The van der Waals surface area contributed by atoms with Crippen LogP contribution in [-0.2, 0) is 4.79 Å². The van der Waals surface area contributed by atoms with Crippen LogP contribution >= 0.6 is 0 Å². The normalized spacial score (nSPS) is 13.4. The lowest BCUT2D eigenvalue weighted by atomic mass is 9.50. The van der Waals surface area contributed by atoms with Crippen LogP contribution in [0.25, 0.3) is 0 Å². The van der Waals surface area contributed by atoms with Gasteiger partial charge in [-0.2, -0.15) is 0 Å². The van der Waals surface area contributed by atoms with Crippen LogP contribution in [0, 0.1) is 0 Å². The molecule has 0 aromatic rings. The Bertz CT molecular complexity index is 440. The lowest BCUT2D eigenvalue weighted by molar-refractivity contribution is -0.137. The van der Waals surface area contributed by atoms with E-state index in [-0.39, 0.29) is 6.42 Å². The van der Waals surface area contributed by atoms with E-state index in [0.29, 0.717) is 0 Å². The summed E-state index contributed by atoms with van der Waals surface area (Å²) < 4.78 is 0. The van der Waals surface area contributed by atoms with Gasteiger partial charge in [-0.1, -0.05) is 73.1 Å². The molecule has 2 nitrogen and oxygen atoms in total. The molecule has 0 bridgehead atoms. The quantitative estimate of drug-likeness (QED) is 0.319. The predicted octanol–water partition coefficient (Wildman–Crippen LogP) is 3.79. The maximum absolute atomic E-state index is 10.4. The van der Waals surface area contributed by atoms with Gasteiger partial charge in [-0.15, -0.1) is 0 Å². The van der Waals surface area contributed by atoms with Gasteiger partial charge in [-0.25, -0.2) is 0 Å². The molecule has 0 fully saturated rings. The minimum atomic E-state index is -1.08. The SMILES string of the molecule is [B]C([B])(/C=C\CC)/C=C\C([B])([B])/C=C\CCCCCCCC(=O)O. The first-order chi connectivity index (χ1) is 11.2. The highest BCUT2D eigenvalue weighted by Crippen LogP contribution is 2.27. The van der Waals surface area contributed by atoms with Crippen molar-refractivity contribution in [2.24, 2.45) is 0 Å². The standard InChI is InChI=1S/C18H26B4O2/c1-2-3-12-17(19,20)14-15-18(21,22)13-10-8-6-4-5-7-9-11-16(23)24/h3,10,12-15H,2,4-9,11H2,1H3,(H,23,24)/b12-3-,13-10-,15-14-. The van der Waals surface area contributed by atoms with Crippen LogP contribution in [0.15, 0.2) is 36.5 Å². The summed E-state index contributed by atoms with van der Waals surface area (Å²) in [6.07, 6.45) is 17.4. The maximum Gasteiger partial charge on any atom is 0.303 e. The molecule has 0 spiro atoms. The molecule has 0 aliphatic heterocycles. The summed E-state index contributed by atoms with van der Waals surface area (Å²) in [6, 6.07) is 0. The number of carbonyl (C=O) groups is 1. The van der Waals surface area contributed by atoms with Crippen LogP contribution in [0.1, 0.15) is 58.3 Å². The van der Waals surface area contributed by atoms with Crippen molar-refractivity contribution in [2.45, 2.75) is 68.7 Å². The Hall–Kier alpha value is -1.05. The summed E-state index contributed by atoms with van der Waals surface area (Å²) in [7, 11) is 23.7. The van der Waals surface area contributed by atoms with Crippen molar-refractivity contribution in [1.29, 1.82) is 0 Å². The van der Waals surface area contributed by atoms with Crippen LogP contribution < -0.4 is 0 Å². The highest BCUT2D eigenvalue weighted by molar-refractivity contribution is 6.44. The molecule has 24 heavy (non-hydrogen) atoms. The number of aliphatic carboxylic acids is 1. The van der Waals surface area contributed by atoms with Crippen molar-refractivity contribution < 1.29 is 9.90 Å². The summed E-state index contributed by atoms with van der Waals surface area (Å²) in [5.41, 5.74) is 0. The number of carboxylic acids is 1. The van der Waals surface area contributed by atoms with Gasteiger partial charge in [0.25, 0.3) is 0 Å². The van der Waals surface area contributed by atoms with E-state index in [9.17, 15) is 4.79 Å². The summed E-state index contributed by atoms with van der Waals surface area (Å²) in [4.78, 5) is 10.4. The molecule has 0 aromatic heterocycles. The van der Waals surface area contributed by atoms with Crippen molar-refractivity contribution >= 4 is 37.4 Å². The molecule has 0 aliphatic carbocycles. The van der Waals surface area contributed by atoms with E-state index in [4.69, 9.17) is 36.5 Å². The second-order valence-corrected chi connectivity index (χ2v) is 6.25. The second-order valence-electron chi connectivity index (χ2n) is 6.25. The maximum atomic E-state index is 10.4. The van der Waals surface area contributed by atoms with E-state index in [1.807, 2.05) is 19.1 Å². The molecule has 0 aliphatic rings. The van der Waals surface area contributed by atoms with Crippen LogP contribution in [0.5, 0.6) is 0 Å². The minimum Gasteiger partial charge on any atom is -0.481 e. The van der Waals surface area contributed by atoms with Gasteiger partial charge >= 0.3 is 5.97 Å². The zero-order valence-electron chi connectivity index (χ0n) is 14.8. The number of unbranched alkanes of at least 4 members (excludes halogenated alkanes) is 5. The van der Waals surface area contributed by atoms with Gasteiger partial charge in [0.15, 0.2) is 0 Å². The Morgan fingerprint density at radius 1 is 0.833 bits per heavy atom. The zero-order valence-corrected chi connectivity index (χ0v) is 14.8. The van der Waals surface area contributed by atoms with Gasteiger partial charge in [0.1, 0.15) is 0 Å². The predicted molar refractivity (Wildman–Crippen MR) is 106 cm³/mol. The number of hydrogen-bond acceptors (Lipinski definition) is 1. The van der Waals surface area contributed by atoms with Crippen LogP contribution in [-0.4, -0.2) is 42.5 Å². The van der Waals surface area contributed by atoms with E-state index < -0.39 is 16.4 Å². The molecule has 8 radical (unpaired) electrons. The Labute approximate surface area is 152 Å². The van der Waals surface area contributed by atoms with Crippen molar-refractivity contribution in [3.63, 3.8) is 0 Å². The van der Waals surface area contributed by atoms with Gasteiger partial charge in [0.2, 0.25) is 0 Å². The monoisotopic (exact) mass is 318 g/mol. The molecule has 0 unspecified atom stereocenters. The molecule has 0 rings (SSSR count). The topological polar surface area (TPSA) is 37.3 Å². The van der Waals surface area contributed by atoms with Crippen molar-refractivity contribution in [3.05, 3.63) is 36.5 Å². The number of allylic oxidation sites excluding steroid dienone is 6. The first-order valence-corrected chi connectivity index (χ1v) is 8.61. The Kier molecular flexibility index (Phi) is 11.8. The van der Waals surface area contributed by atoms with Crippen molar-refractivity contribution in [3.8, 4) is 0 Å². The van der Waals surface area contributed by atoms with E-state index >= 15 is 0 Å². The zero-order chi connectivity index (χ0) is 18.5. The Balaban J connectivity index is 4.02. The lowest BCUT2D eigenvalue weighted by Crippen LogP contribution is -2.10. The first-order valence-electron chi connectivity index (χ1n) is 8.61. The number of hydrogen-bond donors (Lipinski definition) is 1. The van der Waals surface area contributed by atoms with Gasteiger partial charge in [0, 0.05) is 6.42 Å². The smallest absolute Gasteiger partial charge is 0.303 e. The Morgan fingerprint density at radius 2 is 1.33 bits per heavy atom. The Morgan fingerprint density at radius 3 is 1.88 bits per heavy atom. The molecule has 0 atom stereocenters. The largest absolute Gasteiger partial charge is 0.481 e. The summed E-state index contributed by atoms with van der Waals surface area (Å²) in [5, 5.41) is 6.41. The van der Waals surface area contributed by atoms with Crippen LogP contribution in [0.2, 0.25) is 10.4 Å². The van der Waals surface area contributed by atoms with E-state index in [1.54, 1.807) is 24.3 Å². The fourth-order valence-corrected chi connectivity index (χ4v) is 2.08. The van der Waals surface area contributed by atoms with Crippen LogP contribution in [0.4, 0.5) is 0 Å². The molecule has 0 heterocycles. The molecular weight excluding hydrogens is 291 g/mol. The van der Waals surface area contributed by atoms with E-state index in [0.717, 1.165) is 44.9 Å². The summed E-state index contributed by atoms with van der Waals surface area (Å²) >= 11 is 0. The van der Waals surface area contributed by atoms with E-state index in [2.05, 4.69) is 0 Å². The summed E-state index contributed by atoms with van der Waals surface area (Å²) in [6.45, 7) is 2.00. The second kappa shape index (κ2) is 12.3. The number of carboxylic acid groups (broad SMARTS) is 1. The molecule has 0 saturated heterocycles. The average molecular weight is 318 g/mol. The summed E-state index contributed by atoms with van der Waals surface area (Å²) in [5.74, 6) is -0.725. The van der Waals surface area contributed by atoms with Gasteiger partial charge in [-0.3, -0.25) is 4.79 Å².